The molecule has 1 aliphatic rings. The van der Waals surface area contributed by atoms with Crippen LogP contribution < -0.4 is 5.06 Å². The van der Waals surface area contributed by atoms with Gasteiger partial charge >= 0.3 is 0 Å². The van der Waals surface area contributed by atoms with Crippen LogP contribution >= 0.6 is 0 Å². The molecule has 0 radical (unpaired) electrons. The van der Waals surface area contributed by atoms with Crippen LogP contribution in [0.5, 0.6) is 0 Å². The predicted molar refractivity (Wildman–Crippen MR) is 135 cm³/mol. The Morgan fingerprint density at radius 1 is 0.719 bits per heavy atom. The second-order valence-electron chi connectivity index (χ2n) is 9.32. The number of hydroxylamine groups is 1. The molecule has 0 spiro atoms. The first-order valence-electron chi connectivity index (χ1n) is 13.6. The van der Waals surface area contributed by atoms with Crippen molar-refractivity contribution in [3.05, 3.63) is 30.3 Å². The largest absolute Gasteiger partial charge is 0.273 e. The van der Waals surface area contributed by atoms with Crippen LogP contribution in [0.2, 0.25) is 0 Å². The number of hydrogen-bond donors (Lipinski definition) is 0. The third-order valence-corrected chi connectivity index (χ3v) is 6.54. The maximum Gasteiger partial charge on any atom is 0.0931 e. The maximum atomic E-state index is 6.34. The highest BCUT2D eigenvalue weighted by Gasteiger charge is 2.28. The minimum atomic E-state index is 0.222. The van der Waals surface area contributed by atoms with Crippen LogP contribution in [0.25, 0.3) is 0 Å². The van der Waals surface area contributed by atoms with Crippen molar-refractivity contribution in [3.8, 4) is 0 Å². The second kappa shape index (κ2) is 18.3. The summed E-state index contributed by atoms with van der Waals surface area (Å²) in [6, 6.07) is 11.0. The second-order valence-corrected chi connectivity index (χ2v) is 9.32. The van der Waals surface area contributed by atoms with Crippen molar-refractivity contribution >= 4 is 5.69 Å². The van der Waals surface area contributed by atoms with Crippen molar-refractivity contribution in [3.63, 3.8) is 0 Å². The van der Waals surface area contributed by atoms with Gasteiger partial charge in [0.15, 0.2) is 0 Å². The zero-order valence-electron chi connectivity index (χ0n) is 20.9. The van der Waals surface area contributed by atoms with E-state index in [0.717, 1.165) is 38.7 Å². The Labute approximate surface area is 197 Å². The van der Waals surface area contributed by atoms with E-state index in [1.165, 1.54) is 76.3 Å². The van der Waals surface area contributed by atoms with E-state index >= 15 is 0 Å². The van der Waals surface area contributed by atoms with Crippen LogP contribution in [0.4, 0.5) is 5.69 Å². The van der Waals surface area contributed by atoms with E-state index in [0.29, 0.717) is 12.6 Å². The highest BCUT2D eigenvalue weighted by molar-refractivity contribution is 5.44. The molecule has 0 aliphatic heterocycles. The van der Waals surface area contributed by atoms with Crippen LogP contribution in [0, 0.1) is 0 Å². The number of hydrogen-bond acceptors (Lipinski definition) is 4. The van der Waals surface area contributed by atoms with Crippen LogP contribution in [0.1, 0.15) is 117 Å². The van der Waals surface area contributed by atoms with Crippen molar-refractivity contribution in [1.29, 1.82) is 0 Å². The fourth-order valence-electron chi connectivity index (χ4n) is 4.61. The Balaban J connectivity index is 1.58. The van der Waals surface area contributed by atoms with Crippen LogP contribution in [-0.4, -0.2) is 25.4 Å². The topological polar surface area (TPSA) is 30.9 Å². The molecular weight excluding hydrogens is 398 g/mol. The molecule has 0 unspecified atom stereocenters. The number of benzene rings is 1. The summed E-state index contributed by atoms with van der Waals surface area (Å²) in [5.41, 5.74) is 1.17. The molecule has 0 saturated heterocycles. The summed E-state index contributed by atoms with van der Waals surface area (Å²) in [6.45, 7) is 5.67. The molecule has 1 saturated carbocycles. The van der Waals surface area contributed by atoms with Gasteiger partial charge in [-0.15, -0.1) is 0 Å². The van der Waals surface area contributed by atoms with Crippen molar-refractivity contribution in [2.75, 3.05) is 18.3 Å². The lowest BCUT2D eigenvalue weighted by molar-refractivity contribution is -0.326. The van der Waals surface area contributed by atoms with Gasteiger partial charge in [0.25, 0.3) is 0 Å². The van der Waals surface area contributed by atoms with Gasteiger partial charge in [-0.3, -0.25) is 9.90 Å². The SMILES string of the molecule is CCCCCCCCCCCCCCON(c1ccccc1)C1CCC(OOCC)CC1. The Hall–Kier alpha value is -1.10. The first kappa shape index (κ1) is 27.1. The lowest BCUT2D eigenvalue weighted by Gasteiger charge is -2.36. The molecule has 2 rings (SSSR count). The van der Waals surface area contributed by atoms with Crippen molar-refractivity contribution in [1.82, 2.24) is 0 Å². The van der Waals surface area contributed by atoms with E-state index in [4.69, 9.17) is 14.6 Å². The minimum Gasteiger partial charge on any atom is -0.273 e. The van der Waals surface area contributed by atoms with Gasteiger partial charge in [0.05, 0.1) is 31.0 Å². The van der Waals surface area contributed by atoms with E-state index < -0.39 is 0 Å². The smallest absolute Gasteiger partial charge is 0.0931 e. The first-order valence-corrected chi connectivity index (χ1v) is 13.6. The molecule has 0 heterocycles. The van der Waals surface area contributed by atoms with Gasteiger partial charge in [-0.1, -0.05) is 95.8 Å². The average Bonchev–Trinajstić information content (AvgIpc) is 2.84. The number of unbranched alkanes of at least 4 members (excludes halogenated alkanes) is 11. The Morgan fingerprint density at radius 3 is 1.84 bits per heavy atom. The van der Waals surface area contributed by atoms with E-state index in [9.17, 15) is 0 Å². The Kier molecular flexibility index (Phi) is 15.6. The normalized spacial score (nSPS) is 18.7. The molecule has 4 nitrogen and oxygen atoms in total. The molecule has 0 atom stereocenters. The summed E-state index contributed by atoms with van der Waals surface area (Å²) in [4.78, 5) is 17.0. The summed E-state index contributed by atoms with van der Waals surface area (Å²) in [6.07, 6.45) is 20.8. The van der Waals surface area contributed by atoms with Gasteiger partial charge in [0.2, 0.25) is 0 Å². The van der Waals surface area contributed by atoms with E-state index in [1.54, 1.807) is 0 Å². The van der Waals surface area contributed by atoms with Gasteiger partial charge in [-0.25, -0.2) is 9.78 Å². The molecule has 4 heteroatoms. The lowest BCUT2D eigenvalue weighted by atomic mass is 9.92. The molecule has 1 aromatic rings. The number of nitrogens with zero attached hydrogens (tertiary/aromatic N) is 1. The van der Waals surface area contributed by atoms with Crippen molar-refractivity contribution < 1.29 is 14.6 Å². The summed E-state index contributed by atoms with van der Waals surface area (Å²) >= 11 is 0. The zero-order valence-corrected chi connectivity index (χ0v) is 20.9. The summed E-state index contributed by atoms with van der Waals surface area (Å²) in [5.74, 6) is 0. The maximum absolute atomic E-state index is 6.34. The average molecular weight is 448 g/mol. The number of para-hydroxylation sites is 1. The molecular formula is C28H49NO3. The number of rotatable bonds is 19. The number of anilines is 1. The molecule has 0 amide bonds. The molecule has 184 valence electrons. The van der Waals surface area contributed by atoms with Crippen molar-refractivity contribution in [2.24, 2.45) is 0 Å². The standard InChI is InChI=1S/C28H49NO3/c1-3-5-6-7-8-9-10-11-12-13-14-18-25-30-29(26-19-16-15-17-20-26)27-21-23-28(24-22-27)32-31-4-2/h15-17,19-20,27-28H,3-14,18,21-25H2,1-2H3. The quantitative estimate of drug-likeness (QED) is 0.121. The molecule has 1 aliphatic carbocycles. The van der Waals surface area contributed by atoms with Crippen molar-refractivity contribution in [2.45, 2.75) is 129 Å². The third-order valence-electron chi connectivity index (χ3n) is 6.54. The Bertz CT molecular complexity index is 531. The van der Waals surface area contributed by atoms with Gasteiger partial charge < -0.3 is 0 Å². The molecule has 1 fully saturated rings. The third kappa shape index (κ3) is 11.7. The molecule has 1 aromatic carbocycles. The fourth-order valence-corrected chi connectivity index (χ4v) is 4.61. The molecule has 0 aromatic heterocycles. The monoisotopic (exact) mass is 447 g/mol. The molecule has 0 N–H and O–H groups in total. The van der Waals surface area contributed by atoms with Crippen LogP contribution in [0.3, 0.4) is 0 Å². The highest BCUT2D eigenvalue weighted by Crippen LogP contribution is 2.29. The minimum absolute atomic E-state index is 0.222. The molecule has 0 bridgehead atoms. The summed E-state index contributed by atoms with van der Waals surface area (Å²) < 4.78 is 0. The van der Waals surface area contributed by atoms with Gasteiger partial charge in [-0.05, 0) is 51.2 Å². The first-order chi connectivity index (χ1) is 15.8. The zero-order chi connectivity index (χ0) is 22.7. The van der Waals surface area contributed by atoms with Crippen LogP contribution in [-0.2, 0) is 14.6 Å². The highest BCUT2D eigenvalue weighted by atomic mass is 17.2. The van der Waals surface area contributed by atoms with Gasteiger partial charge in [0.1, 0.15) is 0 Å². The van der Waals surface area contributed by atoms with Gasteiger partial charge in [0, 0.05) is 0 Å². The van der Waals surface area contributed by atoms with E-state index in [1.807, 2.05) is 6.92 Å². The Morgan fingerprint density at radius 2 is 1.28 bits per heavy atom. The fraction of sp³-hybridized carbons (Fsp3) is 0.786. The summed E-state index contributed by atoms with van der Waals surface area (Å²) in [5, 5.41) is 2.18. The van der Waals surface area contributed by atoms with Crippen LogP contribution in [0.15, 0.2) is 30.3 Å². The molecule has 32 heavy (non-hydrogen) atoms. The van der Waals surface area contributed by atoms with E-state index in [-0.39, 0.29) is 6.10 Å². The van der Waals surface area contributed by atoms with Gasteiger partial charge in [-0.2, -0.15) is 0 Å². The lowest BCUT2D eigenvalue weighted by Crippen LogP contribution is -2.40. The predicted octanol–water partition coefficient (Wildman–Crippen LogP) is 8.41. The summed E-state index contributed by atoms with van der Waals surface area (Å²) in [7, 11) is 0. The van der Waals surface area contributed by atoms with E-state index in [2.05, 4.69) is 42.3 Å².